The summed E-state index contributed by atoms with van der Waals surface area (Å²) in [6.07, 6.45) is 3.05. The van der Waals surface area contributed by atoms with E-state index in [1.807, 2.05) is 29.2 Å². The molecule has 3 rings (SSSR count). The van der Waals surface area contributed by atoms with Gasteiger partial charge in [-0.15, -0.1) is 0 Å². The lowest BCUT2D eigenvalue weighted by atomic mass is 10.1. The normalized spacial score (nSPS) is 15.7. The second-order valence-corrected chi connectivity index (χ2v) is 8.14. The molecule has 0 aliphatic carbocycles. The maximum absolute atomic E-state index is 12.8. The number of benzene rings is 2. The Morgan fingerprint density at radius 1 is 1.11 bits per heavy atom. The van der Waals surface area contributed by atoms with Crippen LogP contribution in [0.3, 0.4) is 0 Å². The first kappa shape index (κ1) is 20.4. The molecule has 2 aromatic rings. The highest BCUT2D eigenvalue weighted by molar-refractivity contribution is 7.98. The molecule has 1 saturated heterocycles. The van der Waals surface area contributed by atoms with Crippen molar-refractivity contribution in [3.8, 4) is 5.75 Å². The summed E-state index contributed by atoms with van der Waals surface area (Å²) in [5, 5.41) is 3.48. The van der Waals surface area contributed by atoms with Gasteiger partial charge in [0, 0.05) is 42.8 Å². The van der Waals surface area contributed by atoms with Crippen molar-refractivity contribution in [1.29, 1.82) is 0 Å². The minimum absolute atomic E-state index is 0.0227. The number of nitrogens with one attached hydrogen (secondary N) is 1. The van der Waals surface area contributed by atoms with Crippen molar-refractivity contribution in [2.24, 2.45) is 0 Å². The second kappa shape index (κ2) is 9.73. The fraction of sp³-hybridized carbons (Fsp3) is 0.409. The van der Waals surface area contributed by atoms with Gasteiger partial charge in [0.2, 0.25) is 0 Å². The lowest BCUT2D eigenvalue weighted by Gasteiger charge is -2.24. The first-order valence-electron chi connectivity index (χ1n) is 9.68. The van der Waals surface area contributed by atoms with E-state index in [2.05, 4.69) is 47.7 Å². The predicted octanol–water partition coefficient (Wildman–Crippen LogP) is 4.86. The molecule has 0 radical (unpaired) electrons. The zero-order chi connectivity index (χ0) is 19.9. The Balaban J connectivity index is 1.59. The van der Waals surface area contributed by atoms with Crippen LogP contribution in [0.2, 0.25) is 0 Å². The van der Waals surface area contributed by atoms with E-state index in [-0.39, 0.29) is 6.03 Å². The molecule has 2 amide bonds. The molecule has 0 bridgehead atoms. The summed E-state index contributed by atoms with van der Waals surface area (Å²) in [7, 11) is 1.68. The number of rotatable bonds is 5. The Bertz CT molecular complexity index is 782. The number of urea groups is 1. The zero-order valence-corrected chi connectivity index (χ0v) is 17.7. The van der Waals surface area contributed by atoms with Crippen molar-refractivity contribution in [3.05, 3.63) is 54.1 Å². The molecule has 0 aromatic heterocycles. The maximum Gasteiger partial charge on any atom is 0.321 e. The second-order valence-electron chi connectivity index (χ2n) is 6.96. The van der Waals surface area contributed by atoms with Crippen molar-refractivity contribution < 1.29 is 9.53 Å². The third-order valence-electron chi connectivity index (χ3n) is 5.18. The molecule has 1 atom stereocenters. The van der Waals surface area contributed by atoms with Crippen LogP contribution in [-0.2, 0) is 0 Å². The van der Waals surface area contributed by atoms with Crippen LogP contribution >= 0.6 is 11.8 Å². The third-order valence-corrected chi connectivity index (χ3v) is 6.16. The Kier molecular flexibility index (Phi) is 7.09. The molecule has 1 N–H and O–H groups in total. The fourth-order valence-electron chi connectivity index (χ4n) is 3.38. The highest BCUT2D eigenvalue weighted by Gasteiger charge is 2.19. The minimum atomic E-state index is -0.0227. The van der Waals surface area contributed by atoms with Gasteiger partial charge in [0.25, 0.3) is 0 Å². The number of hydrogen-bond acceptors (Lipinski definition) is 4. The van der Waals surface area contributed by atoms with Gasteiger partial charge in [-0.05, 0) is 61.6 Å². The molecule has 150 valence electrons. The van der Waals surface area contributed by atoms with Crippen molar-refractivity contribution in [3.63, 3.8) is 0 Å². The van der Waals surface area contributed by atoms with Gasteiger partial charge < -0.3 is 19.9 Å². The molecule has 1 fully saturated rings. The highest BCUT2D eigenvalue weighted by atomic mass is 32.2. The molecule has 1 aliphatic rings. The molecule has 0 spiro atoms. The van der Waals surface area contributed by atoms with E-state index in [4.69, 9.17) is 4.74 Å². The molecular weight excluding hydrogens is 370 g/mol. The van der Waals surface area contributed by atoms with Gasteiger partial charge >= 0.3 is 6.03 Å². The van der Waals surface area contributed by atoms with E-state index in [1.54, 1.807) is 18.9 Å². The number of carbonyl (C=O) groups excluding carboxylic acids is 1. The van der Waals surface area contributed by atoms with Crippen molar-refractivity contribution in [2.75, 3.05) is 49.8 Å². The van der Waals surface area contributed by atoms with Crippen LogP contribution in [-0.4, -0.2) is 50.5 Å². The van der Waals surface area contributed by atoms with Gasteiger partial charge in [0.15, 0.2) is 0 Å². The van der Waals surface area contributed by atoms with E-state index in [9.17, 15) is 4.79 Å². The Labute approximate surface area is 172 Å². The maximum atomic E-state index is 12.8. The number of methoxy groups -OCH3 is 1. The average Bonchev–Trinajstić information content (AvgIpc) is 3.00. The number of hydrogen-bond donors (Lipinski definition) is 1. The van der Waals surface area contributed by atoms with E-state index in [0.29, 0.717) is 11.8 Å². The van der Waals surface area contributed by atoms with Crippen LogP contribution in [0.5, 0.6) is 5.75 Å². The molecule has 2 aromatic carbocycles. The SMILES string of the molecule is COc1ccc(N2CCCN(C(=O)Nc3cccc(C(C)SC)c3)CC2)cc1. The van der Waals surface area contributed by atoms with Crippen LogP contribution in [0.1, 0.15) is 24.2 Å². The molecular formula is C22H29N3O2S. The lowest BCUT2D eigenvalue weighted by molar-refractivity contribution is 0.215. The van der Waals surface area contributed by atoms with Crippen molar-refractivity contribution >= 4 is 29.2 Å². The van der Waals surface area contributed by atoms with Crippen LogP contribution in [0.15, 0.2) is 48.5 Å². The van der Waals surface area contributed by atoms with Gasteiger partial charge in [-0.2, -0.15) is 11.8 Å². The topological polar surface area (TPSA) is 44.8 Å². The average molecular weight is 400 g/mol. The quantitative estimate of drug-likeness (QED) is 0.780. The molecule has 28 heavy (non-hydrogen) atoms. The minimum Gasteiger partial charge on any atom is -0.497 e. The smallest absolute Gasteiger partial charge is 0.321 e. The summed E-state index contributed by atoms with van der Waals surface area (Å²) in [5.41, 5.74) is 3.26. The summed E-state index contributed by atoms with van der Waals surface area (Å²) in [6, 6.07) is 16.2. The van der Waals surface area contributed by atoms with Crippen LogP contribution in [0, 0.1) is 0 Å². The lowest BCUT2D eigenvalue weighted by Crippen LogP contribution is -2.38. The van der Waals surface area contributed by atoms with Gasteiger partial charge in [-0.1, -0.05) is 12.1 Å². The summed E-state index contributed by atoms with van der Waals surface area (Å²) in [6.45, 7) is 5.41. The van der Waals surface area contributed by atoms with Crippen molar-refractivity contribution in [1.82, 2.24) is 4.90 Å². The number of amides is 2. The summed E-state index contributed by atoms with van der Waals surface area (Å²) >= 11 is 1.80. The Hall–Kier alpha value is -2.34. The van der Waals surface area contributed by atoms with Crippen molar-refractivity contribution in [2.45, 2.75) is 18.6 Å². The van der Waals surface area contributed by atoms with Crippen LogP contribution in [0.25, 0.3) is 0 Å². The number of nitrogens with zero attached hydrogens (tertiary/aromatic N) is 2. The molecule has 1 aliphatic heterocycles. The van der Waals surface area contributed by atoms with Gasteiger partial charge in [0.05, 0.1) is 7.11 Å². The number of thioether (sulfide) groups is 1. The van der Waals surface area contributed by atoms with Crippen LogP contribution in [0.4, 0.5) is 16.2 Å². The van der Waals surface area contributed by atoms with Crippen LogP contribution < -0.4 is 15.0 Å². The third kappa shape index (κ3) is 5.13. The molecule has 5 nitrogen and oxygen atoms in total. The fourth-order valence-corrected chi connectivity index (χ4v) is 3.80. The highest BCUT2D eigenvalue weighted by Crippen LogP contribution is 2.27. The number of anilines is 2. The van der Waals surface area contributed by atoms with E-state index < -0.39 is 0 Å². The summed E-state index contributed by atoms with van der Waals surface area (Å²) in [5.74, 6) is 0.859. The van der Waals surface area contributed by atoms with E-state index in [0.717, 1.165) is 37.5 Å². The first-order valence-corrected chi connectivity index (χ1v) is 11.0. The van der Waals surface area contributed by atoms with Gasteiger partial charge in [0.1, 0.15) is 5.75 Å². The van der Waals surface area contributed by atoms with E-state index in [1.165, 1.54) is 11.3 Å². The van der Waals surface area contributed by atoms with Gasteiger partial charge in [-0.25, -0.2) is 4.79 Å². The summed E-state index contributed by atoms with van der Waals surface area (Å²) < 4.78 is 5.24. The number of carbonyl (C=O) groups is 1. The molecule has 6 heteroatoms. The van der Waals surface area contributed by atoms with Gasteiger partial charge in [-0.3, -0.25) is 0 Å². The Morgan fingerprint density at radius 3 is 2.61 bits per heavy atom. The largest absolute Gasteiger partial charge is 0.497 e. The summed E-state index contributed by atoms with van der Waals surface area (Å²) in [4.78, 5) is 17.0. The Morgan fingerprint density at radius 2 is 1.89 bits per heavy atom. The monoisotopic (exact) mass is 399 g/mol. The molecule has 1 heterocycles. The first-order chi connectivity index (χ1) is 13.6. The standard InChI is InChI=1S/C22H29N3O2S/c1-17(28-3)18-6-4-7-19(16-18)23-22(26)25-13-5-12-24(14-15-25)20-8-10-21(27-2)11-9-20/h4,6-11,16-17H,5,12-15H2,1-3H3,(H,23,26). The molecule has 1 unspecified atom stereocenters. The predicted molar refractivity (Wildman–Crippen MR) is 119 cm³/mol. The molecule has 0 saturated carbocycles. The number of ether oxygens (including phenoxy) is 1. The van der Waals surface area contributed by atoms with E-state index >= 15 is 0 Å². The zero-order valence-electron chi connectivity index (χ0n) is 16.9.